The van der Waals surface area contributed by atoms with Crippen LogP contribution in [0.15, 0.2) is 73.2 Å². The molecule has 35 heavy (non-hydrogen) atoms. The molecule has 0 spiro atoms. The van der Waals surface area contributed by atoms with Gasteiger partial charge in [-0.05, 0) is 48.4 Å². The van der Waals surface area contributed by atoms with Crippen LogP contribution >= 0.6 is 0 Å². The van der Waals surface area contributed by atoms with E-state index in [0.717, 1.165) is 11.1 Å². The van der Waals surface area contributed by atoms with Crippen LogP contribution in [0.1, 0.15) is 21.6 Å². The minimum Gasteiger partial charge on any atom is -0.395 e. The number of amides is 1. The number of pyridine rings is 2. The van der Waals surface area contributed by atoms with Crippen LogP contribution in [0, 0.1) is 5.82 Å². The van der Waals surface area contributed by atoms with Crippen molar-refractivity contribution in [2.75, 3.05) is 30.4 Å². The zero-order chi connectivity index (χ0) is 24.5. The second-order valence-corrected chi connectivity index (χ2v) is 7.74. The predicted octanol–water partition coefficient (Wildman–Crippen LogP) is 2.60. The molecule has 0 saturated heterocycles. The average Bonchev–Trinajstić information content (AvgIpc) is 3.35. The summed E-state index contributed by atoms with van der Waals surface area (Å²) in [4.78, 5) is 22.9. The number of aliphatic hydroxyl groups excluding tert-OH is 1. The molecule has 3 aromatic heterocycles. The first-order valence-electron chi connectivity index (χ1n) is 11.2. The van der Waals surface area contributed by atoms with Gasteiger partial charge in [0.1, 0.15) is 11.6 Å². The Morgan fingerprint density at radius 2 is 1.94 bits per heavy atom. The zero-order valence-corrected chi connectivity index (χ0v) is 19.0. The van der Waals surface area contributed by atoms with Crippen molar-refractivity contribution in [2.45, 2.75) is 13.0 Å². The Morgan fingerprint density at radius 1 is 1.06 bits per heavy atom. The molecule has 4 aromatic rings. The summed E-state index contributed by atoms with van der Waals surface area (Å²) >= 11 is 0. The number of aromatic nitrogens is 4. The molecule has 1 amide bonds. The van der Waals surface area contributed by atoms with Gasteiger partial charge in [0.05, 0.1) is 42.5 Å². The Bertz CT molecular complexity index is 1260. The highest BCUT2D eigenvalue weighted by Crippen LogP contribution is 2.16. The van der Waals surface area contributed by atoms with E-state index < -0.39 is 0 Å². The second-order valence-electron chi connectivity index (χ2n) is 7.74. The Labute approximate surface area is 202 Å². The van der Waals surface area contributed by atoms with Crippen LogP contribution < -0.4 is 16.1 Å². The summed E-state index contributed by atoms with van der Waals surface area (Å²) in [7, 11) is 0. The van der Waals surface area contributed by atoms with Gasteiger partial charge in [0.25, 0.3) is 5.91 Å². The van der Waals surface area contributed by atoms with Gasteiger partial charge in [0.15, 0.2) is 0 Å². The van der Waals surface area contributed by atoms with Gasteiger partial charge in [-0.3, -0.25) is 9.78 Å². The number of nitrogens with zero attached hydrogens (tertiary/aromatic N) is 4. The monoisotopic (exact) mass is 475 g/mol. The molecule has 0 bridgehead atoms. The van der Waals surface area contributed by atoms with Crippen LogP contribution in [0.4, 0.5) is 10.2 Å². The number of hydrogen-bond acceptors (Lipinski definition) is 7. The largest absolute Gasteiger partial charge is 0.395 e. The van der Waals surface area contributed by atoms with Crippen LogP contribution in [0.3, 0.4) is 0 Å². The molecule has 0 aliphatic rings. The quantitative estimate of drug-likeness (QED) is 0.263. The molecule has 4 rings (SSSR count). The van der Waals surface area contributed by atoms with Crippen molar-refractivity contribution in [3.63, 3.8) is 0 Å². The molecular weight excluding hydrogens is 449 g/mol. The first kappa shape index (κ1) is 23.8. The number of anilines is 1. The van der Waals surface area contributed by atoms with Crippen molar-refractivity contribution in [3.05, 3.63) is 95.8 Å². The minimum atomic E-state index is -0.255. The molecule has 0 saturated carbocycles. The molecule has 4 N–H and O–H groups in total. The summed E-state index contributed by atoms with van der Waals surface area (Å²) in [5, 5.41) is 19.0. The van der Waals surface area contributed by atoms with Gasteiger partial charge in [0.2, 0.25) is 0 Å². The molecule has 0 fully saturated rings. The van der Waals surface area contributed by atoms with Crippen LogP contribution in [-0.2, 0) is 13.0 Å². The van der Waals surface area contributed by atoms with Crippen molar-refractivity contribution < 1.29 is 14.3 Å². The molecule has 0 atom stereocenters. The number of benzene rings is 1. The van der Waals surface area contributed by atoms with Crippen LogP contribution in [0.5, 0.6) is 0 Å². The van der Waals surface area contributed by atoms with Gasteiger partial charge in [-0.1, -0.05) is 18.2 Å². The smallest absolute Gasteiger partial charge is 0.253 e. The van der Waals surface area contributed by atoms with Crippen molar-refractivity contribution in [1.29, 1.82) is 0 Å². The van der Waals surface area contributed by atoms with Crippen molar-refractivity contribution in [1.82, 2.24) is 25.2 Å². The highest BCUT2D eigenvalue weighted by atomic mass is 19.1. The fourth-order valence-corrected chi connectivity index (χ4v) is 3.38. The predicted molar refractivity (Wildman–Crippen MR) is 131 cm³/mol. The standard InChI is InChI=1S/C25H26FN7O2/c26-21-4-1-3-18(13-21)9-10-30-33-17-20(15-31-33)23-8-7-19(14-28-23)25(35)29-16-22-5-2-6-24(32-22)27-11-12-34/h1-8,13-15,17,30,34H,9-12,16H2,(H,27,32)(H,29,35). The summed E-state index contributed by atoms with van der Waals surface area (Å²) in [6.07, 6.45) is 5.66. The first-order valence-corrected chi connectivity index (χ1v) is 11.2. The molecule has 1 aromatic carbocycles. The Balaban J connectivity index is 1.28. The highest BCUT2D eigenvalue weighted by Gasteiger charge is 2.09. The lowest BCUT2D eigenvalue weighted by Crippen LogP contribution is -2.23. The van der Waals surface area contributed by atoms with Gasteiger partial charge in [-0.15, -0.1) is 0 Å². The fraction of sp³-hybridized carbons (Fsp3) is 0.200. The molecule has 0 radical (unpaired) electrons. The molecule has 9 nitrogen and oxygen atoms in total. The zero-order valence-electron chi connectivity index (χ0n) is 19.0. The van der Waals surface area contributed by atoms with Crippen LogP contribution in [0.2, 0.25) is 0 Å². The summed E-state index contributed by atoms with van der Waals surface area (Å²) in [5.41, 5.74) is 6.67. The van der Waals surface area contributed by atoms with E-state index in [1.807, 2.05) is 18.2 Å². The van der Waals surface area contributed by atoms with E-state index in [1.165, 1.54) is 18.3 Å². The van der Waals surface area contributed by atoms with Gasteiger partial charge >= 0.3 is 0 Å². The molecule has 0 aliphatic heterocycles. The molecule has 0 unspecified atom stereocenters. The maximum atomic E-state index is 13.3. The molecule has 0 aliphatic carbocycles. The van der Waals surface area contributed by atoms with Crippen LogP contribution in [0.25, 0.3) is 11.3 Å². The average molecular weight is 476 g/mol. The van der Waals surface area contributed by atoms with E-state index >= 15 is 0 Å². The SMILES string of the molecule is O=C(NCc1cccc(NCCO)n1)c1ccc(-c2cnn(NCCc3cccc(F)c3)c2)nc1. The highest BCUT2D eigenvalue weighted by molar-refractivity contribution is 5.94. The van der Waals surface area contributed by atoms with E-state index in [0.29, 0.717) is 42.3 Å². The third kappa shape index (κ3) is 6.84. The number of halogens is 1. The first-order chi connectivity index (χ1) is 17.1. The molecule has 10 heteroatoms. The Morgan fingerprint density at radius 3 is 2.74 bits per heavy atom. The lowest BCUT2D eigenvalue weighted by Gasteiger charge is -2.08. The van der Waals surface area contributed by atoms with E-state index in [9.17, 15) is 9.18 Å². The van der Waals surface area contributed by atoms with Crippen molar-refractivity contribution in [3.8, 4) is 11.3 Å². The van der Waals surface area contributed by atoms with Gasteiger partial charge in [-0.2, -0.15) is 9.89 Å². The van der Waals surface area contributed by atoms with Gasteiger partial charge in [-0.25, -0.2) is 9.37 Å². The van der Waals surface area contributed by atoms with E-state index in [2.05, 4.69) is 31.1 Å². The number of rotatable bonds is 11. The Kier molecular flexibility index (Phi) is 7.97. The molecular formula is C25H26FN7O2. The topological polar surface area (TPSA) is 117 Å². The number of carbonyl (C=O) groups excluding carboxylic acids is 1. The second kappa shape index (κ2) is 11.7. The maximum absolute atomic E-state index is 13.3. The third-order valence-corrected chi connectivity index (χ3v) is 5.14. The number of nitrogens with one attached hydrogen (secondary N) is 3. The van der Waals surface area contributed by atoms with Crippen molar-refractivity contribution in [2.24, 2.45) is 0 Å². The molecule has 180 valence electrons. The normalized spacial score (nSPS) is 10.7. The lowest BCUT2D eigenvalue weighted by atomic mass is 10.1. The van der Waals surface area contributed by atoms with Gasteiger partial charge in [0, 0.05) is 24.8 Å². The lowest BCUT2D eigenvalue weighted by molar-refractivity contribution is 0.0950. The summed E-state index contributed by atoms with van der Waals surface area (Å²) in [6, 6.07) is 15.4. The number of carbonyl (C=O) groups is 1. The van der Waals surface area contributed by atoms with Crippen molar-refractivity contribution >= 4 is 11.7 Å². The van der Waals surface area contributed by atoms with E-state index in [1.54, 1.807) is 41.4 Å². The maximum Gasteiger partial charge on any atom is 0.253 e. The van der Waals surface area contributed by atoms with E-state index in [4.69, 9.17) is 5.11 Å². The number of hydrogen-bond donors (Lipinski definition) is 4. The number of aliphatic hydroxyl groups is 1. The fourth-order valence-electron chi connectivity index (χ4n) is 3.38. The summed E-state index contributed by atoms with van der Waals surface area (Å²) in [5.74, 6) is 0.139. The van der Waals surface area contributed by atoms with E-state index in [-0.39, 0.29) is 24.9 Å². The summed E-state index contributed by atoms with van der Waals surface area (Å²) in [6.45, 7) is 1.28. The summed E-state index contributed by atoms with van der Waals surface area (Å²) < 4.78 is 13.3. The minimum absolute atomic E-state index is 0.0134. The van der Waals surface area contributed by atoms with Gasteiger partial charge < -0.3 is 21.2 Å². The Hall–Kier alpha value is -4.31. The third-order valence-electron chi connectivity index (χ3n) is 5.14. The van der Waals surface area contributed by atoms with Crippen LogP contribution in [-0.4, -0.2) is 50.6 Å². The molecule has 3 heterocycles.